The van der Waals surface area contributed by atoms with E-state index in [2.05, 4.69) is 72.8 Å². The number of carbonyl (C=O) groups is 2. The predicted molar refractivity (Wildman–Crippen MR) is 142 cm³/mol. The first-order valence-corrected chi connectivity index (χ1v) is 12.5. The monoisotopic (exact) mass is 458 g/mol. The van der Waals surface area contributed by atoms with Crippen LogP contribution in [0, 0.1) is 0 Å². The van der Waals surface area contributed by atoms with Crippen LogP contribution in [0.3, 0.4) is 0 Å². The Hall–Kier alpha value is -3.78. The number of benzene rings is 4. The van der Waals surface area contributed by atoms with Gasteiger partial charge >= 0.3 is 0 Å². The molecule has 0 bridgehead atoms. The topological polar surface area (TPSA) is 34.1 Å². The number of rotatable bonds is 10. The molecule has 0 unspecified atom stereocenters. The molecule has 35 heavy (non-hydrogen) atoms. The Balaban J connectivity index is 1.41. The van der Waals surface area contributed by atoms with Gasteiger partial charge in [-0.15, -0.1) is 0 Å². The second-order valence-electron chi connectivity index (χ2n) is 9.60. The fourth-order valence-corrected chi connectivity index (χ4v) is 5.79. The Bertz CT molecular complexity index is 1210. The zero-order valence-corrected chi connectivity index (χ0v) is 20.0. The number of aryl methyl sites for hydroxylation is 2. The predicted octanol–water partition coefficient (Wildman–Crippen LogP) is 7.62. The lowest BCUT2D eigenvalue weighted by Gasteiger charge is -2.33. The van der Waals surface area contributed by atoms with Gasteiger partial charge in [0.2, 0.25) is 0 Å². The third kappa shape index (κ3) is 4.61. The van der Waals surface area contributed by atoms with Gasteiger partial charge in [-0.1, -0.05) is 97.1 Å². The first-order chi connectivity index (χ1) is 17.2. The Kier molecular flexibility index (Phi) is 6.72. The highest BCUT2D eigenvalue weighted by atomic mass is 16.1. The summed E-state index contributed by atoms with van der Waals surface area (Å²) in [5.41, 5.74) is 9.65. The van der Waals surface area contributed by atoms with Crippen molar-refractivity contribution in [3.63, 3.8) is 0 Å². The maximum atomic E-state index is 11.0. The van der Waals surface area contributed by atoms with Crippen molar-refractivity contribution in [2.24, 2.45) is 0 Å². The summed E-state index contributed by atoms with van der Waals surface area (Å²) in [5, 5.41) is 0. The van der Waals surface area contributed by atoms with Crippen molar-refractivity contribution in [2.45, 2.75) is 43.9 Å². The molecule has 0 amide bonds. The van der Waals surface area contributed by atoms with Crippen molar-refractivity contribution < 1.29 is 9.59 Å². The molecule has 5 rings (SSSR count). The molecule has 0 aromatic heterocycles. The lowest BCUT2D eigenvalue weighted by atomic mass is 9.70. The van der Waals surface area contributed by atoms with Gasteiger partial charge in [0.25, 0.3) is 0 Å². The zero-order valence-electron chi connectivity index (χ0n) is 20.0. The summed E-state index contributed by atoms with van der Waals surface area (Å²) >= 11 is 0. The highest BCUT2D eigenvalue weighted by molar-refractivity contribution is 5.81. The molecule has 0 heterocycles. The Morgan fingerprint density at radius 2 is 0.914 bits per heavy atom. The Labute approximate surface area is 207 Å². The molecule has 0 fully saturated rings. The standard InChI is InChI=1S/C33H30O2/c34-23-27-17-13-25(14-18-27)7-5-21-33(22-6-8-26-15-19-28(24-35)20-16-26)31-11-3-1-9-29(31)30-10-2-4-12-32(30)33/h1-4,9-20,23-24H,5-8,21-22H2. The van der Waals surface area contributed by atoms with Crippen LogP contribution in [0.4, 0.5) is 0 Å². The summed E-state index contributed by atoms with van der Waals surface area (Å²) in [7, 11) is 0. The van der Waals surface area contributed by atoms with Crippen LogP contribution in [-0.4, -0.2) is 12.6 Å². The van der Waals surface area contributed by atoms with Crippen molar-refractivity contribution >= 4 is 12.6 Å². The van der Waals surface area contributed by atoms with Gasteiger partial charge in [0.1, 0.15) is 12.6 Å². The molecular formula is C33H30O2. The van der Waals surface area contributed by atoms with Gasteiger partial charge in [-0.2, -0.15) is 0 Å². The van der Waals surface area contributed by atoms with Gasteiger partial charge in [-0.3, -0.25) is 9.59 Å². The molecule has 0 saturated heterocycles. The van der Waals surface area contributed by atoms with Gasteiger partial charge in [-0.25, -0.2) is 0 Å². The first-order valence-electron chi connectivity index (χ1n) is 12.5. The van der Waals surface area contributed by atoms with Gasteiger partial charge in [0, 0.05) is 16.5 Å². The average molecular weight is 459 g/mol. The molecule has 4 aromatic carbocycles. The summed E-state index contributed by atoms with van der Waals surface area (Å²) in [4.78, 5) is 22.0. The van der Waals surface area contributed by atoms with E-state index in [1.54, 1.807) is 0 Å². The van der Waals surface area contributed by atoms with E-state index in [9.17, 15) is 9.59 Å². The van der Waals surface area contributed by atoms with E-state index in [1.165, 1.54) is 33.4 Å². The van der Waals surface area contributed by atoms with Crippen molar-refractivity contribution in [3.8, 4) is 11.1 Å². The second-order valence-corrected chi connectivity index (χ2v) is 9.60. The SMILES string of the molecule is O=Cc1ccc(CCCC2(CCCc3ccc(C=O)cc3)c3ccccc3-c3ccccc32)cc1. The van der Waals surface area contributed by atoms with Crippen LogP contribution >= 0.6 is 0 Å². The number of fused-ring (bicyclic) bond motifs is 3. The van der Waals surface area contributed by atoms with Crippen LogP contribution < -0.4 is 0 Å². The highest BCUT2D eigenvalue weighted by Crippen LogP contribution is 2.53. The molecule has 0 aliphatic heterocycles. The summed E-state index contributed by atoms with van der Waals surface area (Å²) < 4.78 is 0. The third-order valence-electron chi connectivity index (χ3n) is 7.55. The first kappa shape index (κ1) is 23.0. The lowest BCUT2D eigenvalue weighted by molar-refractivity contribution is 0.111. The van der Waals surface area contributed by atoms with E-state index in [0.717, 1.165) is 62.2 Å². The number of hydrogen-bond donors (Lipinski definition) is 0. The largest absolute Gasteiger partial charge is 0.298 e. The molecule has 4 aromatic rings. The quantitative estimate of drug-likeness (QED) is 0.229. The lowest BCUT2D eigenvalue weighted by Crippen LogP contribution is -2.26. The van der Waals surface area contributed by atoms with Crippen LogP contribution in [0.2, 0.25) is 0 Å². The minimum atomic E-state index is -0.00133. The zero-order chi connectivity index (χ0) is 24.1. The van der Waals surface area contributed by atoms with Crippen molar-refractivity contribution in [2.75, 3.05) is 0 Å². The van der Waals surface area contributed by atoms with E-state index >= 15 is 0 Å². The second kappa shape index (κ2) is 10.2. The molecule has 0 N–H and O–H groups in total. The minimum absolute atomic E-state index is 0.00133. The van der Waals surface area contributed by atoms with Gasteiger partial charge in [0.15, 0.2) is 0 Å². The fraction of sp³-hybridized carbons (Fsp3) is 0.212. The van der Waals surface area contributed by atoms with E-state index < -0.39 is 0 Å². The molecule has 2 nitrogen and oxygen atoms in total. The number of hydrogen-bond acceptors (Lipinski definition) is 2. The van der Waals surface area contributed by atoms with Crippen LogP contribution in [0.15, 0.2) is 97.1 Å². The average Bonchev–Trinajstić information content (AvgIpc) is 3.20. The van der Waals surface area contributed by atoms with E-state index in [1.807, 2.05) is 24.3 Å². The fourth-order valence-electron chi connectivity index (χ4n) is 5.79. The summed E-state index contributed by atoms with van der Waals surface area (Å²) in [6.45, 7) is 0. The van der Waals surface area contributed by atoms with Crippen molar-refractivity contribution in [1.29, 1.82) is 0 Å². The van der Waals surface area contributed by atoms with E-state index in [-0.39, 0.29) is 5.41 Å². The van der Waals surface area contributed by atoms with Gasteiger partial charge < -0.3 is 0 Å². The Morgan fingerprint density at radius 3 is 1.31 bits per heavy atom. The van der Waals surface area contributed by atoms with Crippen LogP contribution in [0.25, 0.3) is 11.1 Å². The third-order valence-corrected chi connectivity index (χ3v) is 7.55. The molecule has 0 saturated carbocycles. The molecule has 0 radical (unpaired) electrons. The molecule has 0 spiro atoms. The van der Waals surface area contributed by atoms with Crippen molar-refractivity contribution in [1.82, 2.24) is 0 Å². The van der Waals surface area contributed by atoms with Crippen molar-refractivity contribution in [3.05, 3.63) is 130 Å². The van der Waals surface area contributed by atoms with Gasteiger partial charge in [-0.05, 0) is 71.9 Å². The Morgan fingerprint density at radius 1 is 0.514 bits per heavy atom. The number of aldehydes is 2. The molecule has 1 aliphatic carbocycles. The summed E-state index contributed by atoms with van der Waals surface area (Å²) in [6.07, 6.45) is 8.13. The number of carbonyl (C=O) groups excluding carboxylic acids is 2. The smallest absolute Gasteiger partial charge is 0.150 e. The van der Waals surface area contributed by atoms with Crippen LogP contribution in [0.1, 0.15) is 68.7 Å². The molecular weight excluding hydrogens is 428 g/mol. The van der Waals surface area contributed by atoms with Gasteiger partial charge in [0.05, 0.1) is 0 Å². The maximum absolute atomic E-state index is 11.0. The highest BCUT2D eigenvalue weighted by Gasteiger charge is 2.41. The summed E-state index contributed by atoms with van der Waals surface area (Å²) in [6, 6.07) is 33.8. The maximum Gasteiger partial charge on any atom is 0.150 e. The van der Waals surface area contributed by atoms with E-state index in [0.29, 0.717) is 0 Å². The minimum Gasteiger partial charge on any atom is -0.298 e. The molecule has 1 aliphatic rings. The van der Waals surface area contributed by atoms with E-state index in [4.69, 9.17) is 0 Å². The molecule has 0 atom stereocenters. The normalized spacial score (nSPS) is 13.1. The molecule has 2 heteroatoms. The van der Waals surface area contributed by atoms with Crippen LogP contribution in [0.5, 0.6) is 0 Å². The summed E-state index contributed by atoms with van der Waals surface area (Å²) in [5.74, 6) is 0. The molecule has 174 valence electrons. The van der Waals surface area contributed by atoms with Crippen LogP contribution in [-0.2, 0) is 18.3 Å².